The van der Waals surface area contributed by atoms with E-state index in [4.69, 9.17) is 26.6 Å². The van der Waals surface area contributed by atoms with E-state index in [0.717, 1.165) is 54.9 Å². The van der Waals surface area contributed by atoms with Crippen molar-refractivity contribution in [2.24, 2.45) is 0 Å². The third-order valence-electron chi connectivity index (χ3n) is 6.67. The number of hydrogen-bond donors (Lipinski definition) is 2. The highest BCUT2D eigenvalue weighted by Crippen LogP contribution is 2.38. The van der Waals surface area contributed by atoms with Crippen molar-refractivity contribution < 1.29 is 9.32 Å². The molecule has 31 heavy (non-hydrogen) atoms. The summed E-state index contributed by atoms with van der Waals surface area (Å²) in [5.41, 5.74) is 2.47. The second-order valence-electron chi connectivity index (χ2n) is 8.60. The summed E-state index contributed by atoms with van der Waals surface area (Å²) in [7, 11) is -1.10. The molecule has 0 saturated heterocycles. The first kappa shape index (κ1) is 19.5. The molecule has 1 aliphatic carbocycles. The number of halogens is 1. The number of aryl methyl sites for hydroxylation is 1. The Morgan fingerprint density at radius 1 is 1.23 bits per heavy atom. The summed E-state index contributed by atoms with van der Waals surface area (Å²) in [6.07, 6.45) is 3.54. The molecular weight excluding hydrogens is 436 g/mol. The van der Waals surface area contributed by atoms with E-state index in [9.17, 15) is 9.32 Å². The highest BCUT2D eigenvalue weighted by molar-refractivity contribution is 7.85. The van der Waals surface area contributed by atoms with Gasteiger partial charge in [0.2, 0.25) is 5.95 Å². The van der Waals surface area contributed by atoms with Gasteiger partial charge < -0.3 is 19.9 Å². The van der Waals surface area contributed by atoms with Crippen molar-refractivity contribution in [2.45, 2.75) is 49.2 Å². The van der Waals surface area contributed by atoms with Crippen LogP contribution in [0.3, 0.4) is 0 Å². The fraction of sp³-hybridized carbons (Fsp3) is 0.476. The number of aliphatic hydroxyl groups is 1. The van der Waals surface area contributed by atoms with Crippen LogP contribution in [0.4, 0.5) is 11.8 Å². The van der Waals surface area contributed by atoms with Crippen molar-refractivity contribution in [2.75, 3.05) is 29.1 Å². The average Bonchev–Trinajstić information content (AvgIpc) is 3.30. The first-order valence-electron chi connectivity index (χ1n) is 10.6. The van der Waals surface area contributed by atoms with Gasteiger partial charge in [0.1, 0.15) is 16.5 Å². The van der Waals surface area contributed by atoms with Crippen molar-refractivity contribution >= 4 is 45.2 Å². The molecule has 1 atom stereocenters. The van der Waals surface area contributed by atoms with Gasteiger partial charge in [-0.15, -0.1) is 0 Å². The molecule has 4 heterocycles. The Morgan fingerprint density at radius 3 is 2.87 bits per heavy atom. The number of anilines is 2. The maximum absolute atomic E-state index is 12.6. The Labute approximate surface area is 187 Å². The average molecular weight is 459 g/mol. The van der Waals surface area contributed by atoms with Gasteiger partial charge in [-0.3, -0.25) is 4.21 Å². The zero-order valence-electron chi connectivity index (χ0n) is 17.0. The van der Waals surface area contributed by atoms with Gasteiger partial charge in [-0.2, -0.15) is 4.98 Å². The number of hydrogen-bond acceptors (Lipinski definition) is 7. The summed E-state index contributed by atoms with van der Waals surface area (Å²) in [5, 5.41) is 14.1. The van der Waals surface area contributed by atoms with Crippen LogP contribution in [0.1, 0.15) is 30.8 Å². The monoisotopic (exact) mass is 458 g/mol. The molecule has 3 aromatic rings. The van der Waals surface area contributed by atoms with E-state index < -0.39 is 10.8 Å². The Morgan fingerprint density at radius 2 is 2.10 bits per heavy atom. The highest BCUT2D eigenvalue weighted by Gasteiger charge is 2.39. The van der Waals surface area contributed by atoms with E-state index in [-0.39, 0.29) is 12.1 Å². The zero-order valence-corrected chi connectivity index (χ0v) is 18.5. The Balaban J connectivity index is 1.37. The normalized spacial score (nSPS) is 21.6. The molecule has 162 valence electrons. The third-order valence-corrected chi connectivity index (χ3v) is 8.37. The lowest BCUT2D eigenvalue weighted by atomic mass is 9.77. The maximum atomic E-state index is 12.6. The van der Waals surface area contributed by atoms with Crippen LogP contribution in [-0.2, 0) is 30.3 Å². The molecule has 8 nitrogen and oxygen atoms in total. The molecule has 1 fully saturated rings. The van der Waals surface area contributed by atoms with Crippen molar-refractivity contribution in [1.29, 1.82) is 0 Å². The van der Waals surface area contributed by atoms with Gasteiger partial charge in [-0.25, -0.2) is 9.97 Å². The maximum Gasteiger partial charge on any atom is 0.228 e. The number of rotatable bonds is 4. The molecule has 0 unspecified atom stereocenters. The quantitative estimate of drug-likeness (QED) is 0.620. The summed E-state index contributed by atoms with van der Waals surface area (Å²) in [5.74, 6) is 2.78. The van der Waals surface area contributed by atoms with E-state index in [1.54, 1.807) is 0 Å². The van der Waals surface area contributed by atoms with Crippen LogP contribution in [-0.4, -0.2) is 53.3 Å². The topological polar surface area (TPSA) is 96.2 Å². The van der Waals surface area contributed by atoms with E-state index >= 15 is 0 Å². The smallest absolute Gasteiger partial charge is 0.228 e. The van der Waals surface area contributed by atoms with Gasteiger partial charge in [-0.05, 0) is 37.5 Å². The van der Waals surface area contributed by atoms with Crippen LogP contribution < -0.4 is 10.2 Å². The largest absolute Gasteiger partial charge is 0.394 e. The molecule has 1 saturated carbocycles. The van der Waals surface area contributed by atoms with Gasteiger partial charge in [0.25, 0.3) is 0 Å². The number of aromatic nitrogens is 4. The Kier molecular flexibility index (Phi) is 4.49. The van der Waals surface area contributed by atoms with Gasteiger partial charge in [0.05, 0.1) is 46.2 Å². The minimum absolute atomic E-state index is 0.0457. The number of imidazole rings is 1. The third kappa shape index (κ3) is 3.13. The van der Waals surface area contributed by atoms with Crippen LogP contribution in [0.5, 0.6) is 0 Å². The van der Waals surface area contributed by atoms with Crippen molar-refractivity contribution in [1.82, 2.24) is 19.5 Å². The van der Waals surface area contributed by atoms with E-state index in [1.807, 2.05) is 18.2 Å². The molecule has 1 aromatic carbocycles. The van der Waals surface area contributed by atoms with Crippen LogP contribution in [0.15, 0.2) is 23.1 Å². The summed E-state index contributed by atoms with van der Waals surface area (Å²) in [6, 6.07) is 5.77. The lowest BCUT2D eigenvalue weighted by Crippen LogP contribution is -2.48. The first-order valence-corrected chi connectivity index (χ1v) is 12.3. The highest BCUT2D eigenvalue weighted by atomic mass is 35.5. The van der Waals surface area contributed by atoms with Crippen molar-refractivity contribution in [3.63, 3.8) is 0 Å². The first-order chi connectivity index (χ1) is 15.0. The van der Waals surface area contributed by atoms with Crippen LogP contribution >= 0.6 is 11.6 Å². The number of aliphatic hydroxyl groups excluding tert-OH is 1. The fourth-order valence-corrected chi connectivity index (χ4v) is 6.22. The summed E-state index contributed by atoms with van der Waals surface area (Å²) in [6.45, 7) is 2.15. The van der Waals surface area contributed by atoms with Crippen LogP contribution in [0.25, 0.3) is 11.0 Å². The molecule has 10 heteroatoms. The minimum atomic E-state index is -1.10. The van der Waals surface area contributed by atoms with E-state index in [1.165, 1.54) is 0 Å². The van der Waals surface area contributed by atoms with Gasteiger partial charge >= 0.3 is 0 Å². The molecule has 2 N–H and O–H groups in total. The van der Waals surface area contributed by atoms with Gasteiger partial charge in [0.15, 0.2) is 0 Å². The number of benzene rings is 1. The zero-order chi connectivity index (χ0) is 21.2. The summed E-state index contributed by atoms with van der Waals surface area (Å²) in [4.78, 5) is 17.2. The molecule has 0 radical (unpaired) electrons. The Bertz CT molecular complexity index is 1220. The SMILES string of the molecule is O=[S@]1CCc2nc(N3CCn4c(nc5ccc(Cl)cc54)C3)nc(NC3(CO)CCC3)c21. The van der Waals surface area contributed by atoms with Crippen LogP contribution in [0, 0.1) is 0 Å². The number of fused-ring (bicyclic) bond motifs is 4. The second kappa shape index (κ2) is 7.15. The van der Waals surface area contributed by atoms with Gasteiger partial charge in [0, 0.05) is 30.3 Å². The predicted molar refractivity (Wildman–Crippen MR) is 120 cm³/mol. The molecule has 6 rings (SSSR count). The molecule has 0 amide bonds. The molecule has 2 aromatic heterocycles. The lowest BCUT2D eigenvalue weighted by molar-refractivity contribution is 0.143. The minimum Gasteiger partial charge on any atom is -0.394 e. The molecule has 0 bridgehead atoms. The van der Waals surface area contributed by atoms with E-state index in [2.05, 4.69) is 14.8 Å². The summed E-state index contributed by atoms with van der Waals surface area (Å²) >= 11 is 6.19. The summed E-state index contributed by atoms with van der Waals surface area (Å²) < 4.78 is 14.8. The molecule has 0 spiro atoms. The predicted octanol–water partition coefficient (Wildman–Crippen LogP) is 2.49. The molecule has 3 aliphatic rings. The Hall–Kier alpha value is -2.23. The number of nitrogens with zero attached hydrogens (tertiary/aromatic N) is 5. The van der Waals surface area contributed by atoms with E-state index in [0.29, 0.717) is 40.4 Å². The fourth-order valence-electron chi connectivity index (χ4n) is 4.74. The van der Waals surface area contributed by atoms with Gasteiger partial charge in [-0.1, -0.05) is 11.6 Å². The van der Waals surface area contributed by atoms with Crippen LogP contribution in [0.2, 0.25) is 5.02 Å². The van der Waals surface area contributed by atoms with Crippen molar-refractivity contribution in [3.05, 3.63) is 34.7 Å². The standard InChI is InChI=1S/C21H23ClN6O2S/c22-13-2-3-14-16(10-13)28-8-7-27(11-17(28)23-14)20-24-15-4-9-31(30)18(15)19(25-20)26-21(12-29)5-1-6-21/h2-3,10,29H,1,4-9,11-12H2,(H,24,25,26)/t31-/m0/s1. The lowest BCUT2D eigenvalue weighted by Gasteiger charge is -2.41. The second-order valence-corrected chi connectivity index (χ2v) is 10.5. The molecule has 2 aliphatic heterocycles. The number of nitrogens with one attached hydrogen (secondary N) is 1. The van der Waals surface area contributed by atoms with Crippen molar-refractivity contribution in [3.8, 4) is 0 Å². The molecular formula is C21H23ClN6O2S.